The van der Waals surface area contributed by atoms with Crippen molar-refractivity contribution < 1.29 is 9.30 Å². The topological polar surface area (TPSA) is 26.0 Å². The molecule has 0 saturated carbocycles. The lowest BCUT2D eigenvalue weighted by molar-refractivity contribution is -0.692. The largest absolute Gasteiger partial charge is 0.404 e. The number of ether oxygens (including phenoxy) is 1. The first kappa shape index (κ1) is 13.6. The third-order valence-electron chi connectivity index (χ3n) is 3.01. The summed E-state index contributed by atoms with van der Waals surface area (Å²) >= 11 is 5.98. The molecule has 0 N–H and O–H groups in total. The molecule has 0 fully saturated rings. The van der Waals surface area contributed by atoms with Gasteiger partial charge in [-0.05, 0) is 18.2 Å². The second-order valence-electron chi connectivity index (χ2n) is 4.59. The van der Waals surface area contributed by atoms with E-state index in [-0.39, 0.29) is 0 Å². The van der Waals surface area contributed by atoms with Gasteiger partial charge in [0.25, 0.3) is 0 Å². The van der Waals surface area contributed by atoms with Crippen LogP contribution in [-0.2, 0) is 6.54 Å². The van der Waals surface area contributed by atoms with Crippen LogP contribution in [0.2, 0.25) is 5.02 Å². The summed E-state index contributed by atoms with van der Waals surface area (Å²) in [5.74, 6) is 1.36. The summed E-state index contributed by atoms with van der Waals surface area (Å²) in [4.78, 5) is 4.13. The molecule has 0 aliphatic heterocycles. The average Bonchev–Trinajstić information content (AvgIpc) is 2.50. The van der Waals surface area contributed by atoms with Gasteiger partial charge in [0.05, 0.1) is 6.20 Å². The maximum absolute atomic E-state index is 5.98. The van der Waals surface area contributed by atoms with Gasteiger partial charge < -0.3 is 4.74 Å². The minimum absolute atomic E-state index is 0.644. The molecular formula is C17H14ClN2O+. The van der Waals surface area contributed by atoms with Crippen LogP contribution in [0.5, 0.6) is 11.6 Å². The summed E-state index contributed by atoms with van der Waals surface area (Å²) in [7, 11) is 0. The van der Waals surface area contributed by atoms with E-state index in [0.29, 0.717) is 16.7 Å². The standard InChI is InChI=1S/C17H14ClN2O/c18-15-7-4-8-16(11-15)21-17-12-19-9-10-20(17)13-14-5-2-1-3-6-14/h1-12H,13H2/q+1. The van der Waals surface area contributed by atoms with Gasteiger partial charge in [-0.3, -0.25) is 0 Å². The van der Waals surface area contributed by atoms with E-state index in [0.717, 1.165) is 6.54 Å². The van der Waals surface area contributed by atoms with Gasteiger partial charge in [0.2, 0.25) is 0 Å². The quantitative estimate of drug-likeness (QED) is 0.683. The molecule has 4 heteroatoms. The molecule has 3 aromatic rings. The van der Waals surface area contributed by atoms with E-state index in [1.807, 2.05) is 47.2 Å². The maximum atomic E-state index is 5.98. The highest BCUT2D eigenvalue weighted by molar-refractivity contribution is 6.30. The van der Waals surface area contributed by atoms with Gasteiger partial charge in [-0.15, -0.1) is 0 Å². The molecule has 0 aliphatic rings. The fourth-order valence-electron chi connectivity index (χ4n) is 2.02. The Kier molecular flexibility index (Phi) is 4.12. The summed E-state index contributed by atoms with van der Waals surface area (Å²) in [6.45, 7) is 0.721. The van der Waals surface area contributed by atoms with Gasteiger partial charge in [0.15, 0.2) is 12.7 Å². The van der Waals surface area contributed by atoms with Crippen molar-refractivity contribution in [1.29, 1.82) is 0 Å². The first-order chi connectivity index (χ1) is 10.3. The smallest absolute Gasteiger partial charge is 0.392 e. The molecule has 0 bridgehead atoms. The highest BCUT2D eigenvalue weighted by Gasteiger charge is 2.13. The van der Waals surface area contributed by atoms with Crippen molar-refractivity contribution in [3.05, 3.63) is 83.8 Å². The Bertz CT molecular complexity index is 732. The molecular weight excluding hydrogens is 284 g/mol. The van der Waals surface area contributed by atoms with Gasteiger partial charge in [0.1, 0.15) is 11.9 Å². The van der Waals surface area contributed by atoms with Crippen LogP contribution in [0, 0.1) is 0 Å². The van der Waals surface area contributed by atoms with Crippen LogP contribution in [0.1, 0.15) is 5.56 Å². The fraction of sp³-hybridized carbons (Fsp3) is 0.0588. The first-order valence-electron chi connectivity index (χ1n) is 6.62. The van der Waals surface area contributed by atoms with Crippen LogP contribution < -0.4 is 9.30 Å². The predicted octanol–water partition coefficient (Wildman–Crippen LogP) is 3.86. The SMILES string of the molecule is Clc1cccc(Oc2cncc[n+]2Cc2ccccc2)c1. The summed E-state index contributed by atoms with van der Waals surface area (Å²) in [5, 5.41) is 0.644. The van der Waals surface area contributed by atoms with Crippen LogP contribution in [0.15, 0.2) is 73.2 Å². The van der Waals surface area contributed by atoms with E-state index < -0.39 is 0 Å². The molecule has 0 aliphatic carbocycles. The molecule has 3 nitrogen and oxygen atoms in total. The molecule has 21 heavy (non-hydrogen) atoms. The highest BCUT2D eigenvalue weighted by Crippen LogP contribution is 2.21. The van der Waals surface area contributed by atoms with Crippen LogP contribution >= 0.6 is 11.6 Å². The molecule has 0 spiro atoms. The van der Waals surface area contributed by atoms with Gasteiger partial charge in [-0.25, -0.2) is 4.98 Å². The minimum Gasteiger partial charge on any atom is -0.404 e. The fourth-order valence-corrected chi connectivity index (χ4v) is 2.20. The van der Waals surface area contributed by atoms with Crippen molar-refractivity contribution in [2.45, 2.75) is 6.54 Å². The van der Waals surface area contributed by atoms with Crippen molar-refractivity contribution in [3.8, 4) is 11.6 Å². The number of halogens is 1. The Balaban J connectivity index is 1.86. The third-order valence-corrected chi connectivity index (χ3v) is 3.25. The lowest BCUT2D eigenvalue weighted by Crippen LogP contribution is -2.35. The Morgan fingerprint density at radius 3 is 2.71 bits per heavy atom. The number of aromatic nitrogens is 2. The van der Waals surface area contributed by atoms with Crippen molar-refractivity contribution in [2.24, 2.45) is 0 Å². The molecule has 0 amide bonds. The summed E-state index contributed by atoms with van der Waals surface area (Å²) < 4.78 is 7.88. The first-order valence-corrected chi connectivity index (χ1v) is 7.00. The number of hydrogen-bond donors (Lipinski definition) is 0. The molecule has 1 heterocycles. The van der Waals surface area contributed by atoms with E-state index in [1.54, 1.807) is 18.5 Å². The molecule has 0 saturated heterocycles. The lowest BCUT2D eigenvalue weighted by atomic mass is 10.2. The third kappa shape index (κ3) is 3.58. The zero-order valence-electron chi connectivity index (χ0n) is 11.3. The van der Waals surface area contributed by atoms with Crippen LogP contribution in [0.4, 0.5) is 0 Å². The molecule has 0 unspecified atom stereocenters. The molecule has 3 rings (SSSR count). The van der Waals surface area contributed by atoms with Crippen molar-refractivity contribution in [1.82, 2.24) is 4.98 Å². The van der Waals surface area contributed by atoms with E-state index in [9.17, 15) is 0 Å². The zero-order valence-corrected chi connectivity index (χ0v) is 12.1. The monoisotopic (exact) mass is 297 g/mol. The van der Waals surface area contributed by atoms with E-state index >= 15 is 0 Å². The van der Waals surface area contributed by atoms with Crippen LogP contribution in [0.3, 0.4) is 0 Å². The molecule has 1 aromatic heterocycles. The number of nitrogens with zero attached hydrogens (tertiary/aromatic N) is 2. The summed E-state index contributed by atoms with van der Waals surface area (Å²) in [6.07, 6.45) is 5.34. The van der Waals surface area contributed by atoms with Gasteiger partial charge in [0, 0.05) is 10.6 Å². The summed E-state index contributed by atoms with van der Waals surface area (Å²) in [6, 6.07) is 17.5. The number of hydrogen-bond acceptors (Lipinski definition) is 2. The van der Waals surface area contributed by atoms with Gasteiger partial charge >= 0.3 is 5.88 Å². The molecule has 0 atom stereocenters. The lowest BCUT2D eigenvalue weighted by Gasteiger charge is -2.05. The normalized spacial score (nSPS) is 10.3. The molecule has 0 radical (unpaired) electrons. The molecule has 2 aromatic carbocycles. The Morgan fingerprint density at radius 1 is 1.05 bits per heavy atom. The average molecular weight is 298 g/mol. The number of benzene rings is 2. The highest BCUT2D eigenvalue weighted by atomic mass is 35.5. The molecule has 104 valence electrons. The minimum atomic E-state index is 0.644. The maximum Gasteiger partial charge on any atom is 0.392 e. The second-order valence-corrected chi connectivity index (χ2v) is 5.02. The Labute approximate surface area is 128 Å². The van der Waals surface area contributed by atoms with Crippen LogP contribution in [0.25, 0.3) is 0 Å². The Morgan fingerprint density at radius 2 is 1.90 bits per heavy atom. The van der Waals surface area contributed by atoms with Crippen molar-refractivity contribution in [3.63, 3.8) is 0 Å². The van der Waals surface area contributed by atoms with Crippen LogP contribution in [-0.4, -0.2) is 4.98 Å². The number of rotatable bonds is 4. The van der Waals surface area contributed by atoms with Gasteiger partial charge in [-0.2, -0.15) is 4.57 Å². The summed E-state index contributed by atoms with van der Waals surface area (Å²) in [5.41, 5.74) is 1.20. The van der Waals surface area contributed by atoms with E-state index in [1.165, 1.54) is 5.56 Å². The van der Waals surface area contributed by atoms with E-state index in [2.05, 4.69) is 17.1 Å². The van der Waals surface area contributed by atoms with Gasteiger partial charge in [-0.1, -0.05) is 48.0 Å². The predicted molar refractivity (Wildman–Crippen MR) is 81.5 cm³/mol. The second kappa shape index (κ2) is 6.37. The van der Waals surface area contributed by atoms with E-state index in [4.69, 9.17) is 16.3 Å². The van der Waals surface area contributed by atoms with Crippen molar-refractivity contribution in [2.75, 3.05) is 0 Å². The zero-order chi connectivity index (χ0) is 14.5. The Hall–Kier alpha value is -2.39. The van der Waals surface area contributed by atoms with Crippen molar-refractivity contribution >= 4 is 11.6 Å².